The van der Waals surface area contributed by atoms with Gasteiger partial charge in [-0.1, -0.05) is 91.7 Å². The van der Waals surface area contributed by atoms with Gasteiger partial charge in [-0.15, -0.1) is 35.0 Å². The molecule has 11 N–H and O–H groups in total. The van der Waals surface area contributed by atoms with Crippen molar-refractivity contribution in [3.05, 3.63) is 281 Å². The van der Waals surface area contributed by atoms with Crippen LogP contribution in [0.2, 0.25) is 5.02 Å². The highest BCUT2D eigenvalue weighted by atomic mass is 79.9. The molecule has 41 heteroatoms. The maximum atomic E-state index is 13.3. The van der Waals surface area contributed by atoms with Crippen LogP contribution in [0.5, 0.6) is 0 Å². The molecule has 700 valence electrons. The minimum absolute atomic E-state index is 0. The fraction of sp³-hybridized carbons (Fsp3) is 0.312. The van der Waals surface area contributed by atoms with Crippen LogP contribution in [0.4, 0.5) is 29.1 Å². The van der Waals surface area contributed by atoms with Gasteiger partial charge < -0.3 is 55.8 Å². The molecule has 8 aliphatic heterocycles. The number of fused-ring (bicyclic) bond motifs is 6. The van der Waals surface area contributed by atoms with Crippen molar-refractivity contribution in [3.8, 4) is 36.4 Å². The number of aryl methyl sites for hydroxylation is 1. The first kappa shape index (κ1) is 99.0. The van der Waals surface area contributed by atoms with Crippen LogP contribution in [0.3, 0.4) is 0 Å². The van der Waals surface area contributed by atoms with Gasteiger partial charge in [0.15, 0.2) is 0 Å². The molecule has 0 saturated carbocycles. The monoisotopic (exact) mass is 2090 g/mol. The van der Waals surface area contributed by atoms with E-state index in [1.54, 1.807) is 73.8 Å². The van der Waals surface area contributed by atoms with Crippen molar-refractivity contribution in [1.29, 1.82) is 31.6 Å². The normalized spacial score (nSPS) is 19.4. The summed E-state index contributed by atoms with van der Waals surface area (Å²) in [5.41, 5.74) is 19.3. The molecule has 3 saturated heterocycles. The number of H-pyrrole nitrogens is 5. The lowest BCUT2D eigenvalue weighted by molar-refractivity contribution is -0.139. The quantitative estimate of drug-likeness (QED) is 0.0425. The third-order valence-corrected chi connectivity index (χ3v) is 28.6. The number of hydrogen-bond acceptors (Lipinski definition) is 28. The summed E-state index contributed by atoms with van der Waals surface area (Å²) in [6.45, 7) is 11.3. The number of nitrogens with one attached hydrogen (secondary N) is 11. The Balaban J connectivity index is 0.000000137. The van der Waals surface area contributed by atoms with Crippen LogP contribution in [0, 0.1) is 92.7 Å². The average molecular weight is 2100 g/mol. The highest BCUT2D eigenvalue weighted by Gasteiger charge is 2.44. The van der Waals surface area contributed by atoms with E-state index in [0.717, 1.165) is 170 Å². The average Bonchev–Trinajstić information content (AvgIpc) is 1.62. The molecule has 137 heavy (non-hydrogen) atoms. The molecule has 0 radical (unpaired) electrons. The smallest absolute Gasteiger partial charge is 0.336 e. The van der Waals surface area contributed by atoms with E-state index in [1.165, 1.54) is 0 Å². The number of likely N-dealkylation sites (N-methyl/N-ethyl adjacent to an activating group) is 1. The number of amides is 2. The molecule has 8 atom stereocenters. The van der Waals surface area contributed by atoms with Gasteiger partial charge in [-0.05, 0) is 189 Å². The van der Waals surface area contributed by atoms with Gasteiger partial charge in [0.2, 0.25) is 23.6 Å². The summed E-state index contributed by atoms with van der Waals surface area (Å²) < 4.78 is 18.3. The zero-order valence-corrected chi connectivity index (χ0v) is 82.5. The molecule has 8 aliphatic rings. The number of carbonyl (C=O) groups is 3. The number of aromatic nitrogens is 14. The number of piperidine rings is 3. The summed E-state index contributed by atoms with van der Waals surface area (Å²) in [4.78, 5) is 43.5. The second-order valence-electron chi connectivity index (χ2n) is 33.5. The molecule has 12 aromatic rings. The Hall–Kier alpha value is -14.0. The fourth-order valence-corrected chi connectivity index (χ4v) is 20.7. The molecule has 15 heterocycles. The lowest BCUT2D eigenvalue weighted by atomic mass is 9.78. The van der Waals surface area contributed by atoms with E-state index in [0.29, 0.717) is 113 Å². The number of esters is 1. The number of allylic oxidation sites excluding steroid dienone is 8. The van der Waals surface area contributed by atoms with E-state index in [9.17, 15) is 46.0 Å². The number of nitriles is 6. The summed E-state index contributed by atoms with van der Waals surface area (Å²) in [6.07, 6.45) is 14.8. The molecule has 5 aromatic carbocycles. The van der Waals surface area contributed by atoms with E-state index >= 15 is 0 Å². The fourth-order valence-electron chi connectivity index (χ4n) is 18.7. The molecule has 0 spiro atoms. The molecule has 0 bridgehead atoms. The lowest BCUT2D eigenvalue weighted by Crippen LogP contribution is -2.38. The second kappa shape index (κ2) is 43.8. The van der Waals surface area contributed by atoms with Gasteiger partial charge in [-0.3, -0.25) is 35.1 Å². The topological polar surface area (TPSA) is 506 Å². The largest absolute Gasteiger partial charge is 0.463 e. The van der Waals surface area contributed by atoms with Crippen molar-refractivity contribution in [2.24, 2.45) is 17.8 Å². The lowest BCUT2D eigenvalue weighted by Gasteiger charge is -2.36. The number of hydrogen-bond donors (Lipinski definition) is 11. The Morgan fingerprint density at radius 1 is 0.518 bits per heavy atom. The van der Waals surface area contributed by atoms with Crippen LogP contribution in [0.15, 0.2) is 201 Å². The summed E-state index contributed by atoms with van der Waals surface area (Å²) in [5, 5.41) is 131. The van der Waals surface area contributed by atoms with Gasteiger partial charge in [0.25, 0.3) is 0 Å². The minimum Gasteiger partial charge on any atom is -0.463 e. The van der Waals surface area contributed by atoms with E-state index < -0.39 is 0 Å². The second-order valence-corrected chi connectivity index (χ2v) is 36.3. The first-order chi connectivity index (χ1) is 65.6. The Morgan fingerprint density at radius 3 is 1.41 bits per heavy atom. The third kappa shape index (κ3) is 19.8. The highest BCUT2D eigenvalue weighted by molar-refractivity contribution is 9.11. The predicted molar refractivity (Wildman–Crippen MR) is 526 cm³/mol. The number of aromatic amines is 5. The first-order valence-electron chi connectivity index (χ1n) is 43.8. The Bertz CT molecular complexity index is 7030. The zero-order valence-electron chi connectivity index (χ0n) is 75.3. The van der Waals surface area contributed by atoms with Crippen LogP contribution < -0.4 is 31.9 Å². The first-order valence-corrected chi connectivity index (χ1v) is 46.6. The number of anilines is 5. The number of benzene rings is 5. The summed E-state index contributed by atoms with van der Waals surface area (Å²) >= 11 is 17.2. The number of nitrogens with zero attached hydrogens (tertiary/aromatic N) is 18. The maximum absolute atomic E-state index is 13.3. The van der Waals surface area contributed by atoms with Crippen LogP contribution >= 0.6 is 84.2 Å². The Morgan fingerprint density at radius 2 is 0.949 bits per heavy atom. The van der Waals surface area contributed by atoms with Crippen molar-refractivity contribution in [2.45, 2.75) is 115 Å². The third-order valence-electron chi connectivity index (χ3n) is 25.6. The van der Waals surface area contributed by atoms with Gasteiger partial charge in [0.05, 0.1) is 113 Å². The van der Waals surface area contributed by atoms with E-state index in [1.807, 2.05) is 106 Å². The van der Waals surface area contributed by atoms with Gasteiger partial charge in [-0.25, -0.2) is 9.42 Å². The van der Waals surface area contributed by atoms with Crippen molar-refractivity contribution >= 4 is 148 Å². The number of ether oxygens (including phenoxy) is 1. The van der Waals surface area contributed by atoms with Crippen LogP contribution in [0.25, 0.3) is 16.6 Å². The van der Waals surface area contributed by atoms with Gasteiger partial charge in [-0.2, -0.15) is 57.1 Å². The highest BCUT2D eigenvalue weighted by Crippen LogP contribution is 2.53. The number of rotatable bonds is 15. The zero-order chi connectivity index (χ0) is 95.0. The van der Waals surface area contributed by atoms with Crippen LogP contribution in [-0.2, 0) is 19.1 Å². The van der Waals surface area contributed by atoms with Gasteiger partial charge >= 0.3 is 5.97 Å². The molecule has 20 rings (SSSR count). The molecule has 7 aromatic heterocycles. The Labute approximate surface area is 830 Å². The summed E-state index contributed by atoms with van der Waals surface area (Å²) in [7, 11) is 7.57. The van der Waals surface area contributed by atoms with Crippen LogP contribution in [0.1, 0.15) is 186 Å². The van der Waals surface area contributed by atoms with Gasteiger partial charge in [0.1, 0.15) is 58.3 Å². The molecule has 35 nitrogen and oxygen atoms in total. The molecule has 3 fully saturated rings. The van der Waals surface area contributed by atoms with Crippen LogP contribution in [-0.4, -0.2) is 171 Å². The van der Waals surface area contributed by atoms with E-state index in [2.05, 4.69) is 206 Å². The molecule has 8 unspecified atom stereocenters. The van der Waals surface area contributed by atoms with Crippen molar-refractivity contribution in [2.75, 3.05) is 87.6 Å². The number of carbonyl (C=O) groups excluding carboxylic acids is 3. The minimum atomic E-state index is -0.378. The molecular weight excluding hydrogens is 2000 g/mol. The standard InChI is InChI=1S/C22H24BrN5O2.C20H17BrN6O.C19H17N7O2.C18H18ClN5O.C17H15BrN6.2ClH/c1-3-30-22(29)18-17(15-6-4-5-14(11-24)19(15)23)16-12-25-27-21(16)26-20(18)13-7-9-28(2)10-8-13;1-27-6-5-11(7-16(27)28)19-14(9-23)17(15-10-24-26-20(15)25-19)13-4-2-3-12(8-22)18(13)21;1-26-6-5-10(7-15(26)27)17-12(8-20)16(13-9-21-23-19(13)22-17)11-3-2-4-14-18(11)25-28-24-14;1-3-6-14-16(18-24-22-10(2)25-18)15(11-7-4-5-8-13(11)19)12-9-20-23-17(12)21-14;1-9(21-2)16-12(7-20)14(13-8-22-24-17(13)23-16)11-5-3-4-10(6-19)15(11)18;;/h4-6,12-13,17H,3,7-10H2,1-2H3,(H2,25,26,27);2-4,10-11,17H,5-7H2,1H3,(H2,24,25,26);2-4,9-10,16H,5-7H2,1H3,(H2,21,22,23);4-5,7-9,15H,3,6H2,1-2H3,(H2,20,21,23);3-5,8-9,14,21H,1-2H3,(H2,22,23,24);2*1H. The number of halogens is 6. The molecule has 0 aliphatic carbocycles. The van der Waals surface area contributed by atoms with Crippen molar-refractivity contribution in [3.63, 3.8) is 0 Å². The molecular formula is C96H93Br3Cl3N29O6. The van der Waals surface area contributed by atoms with E-state index in [4.69, 9.17) is 25.4 Å². The molecule has 2 amide bonds. The summed E-state index contributed by atoms with van der Waals surface area (Å²) in [6, 6.07) is 43.6. The maximum Gasteiger partial charge on any atom is 0.336 e. The Kier molecular flexibility index (Phi) is 31.6. The number of likely N-dealkylation sites (tertiary alicyclic amines) is 3. The summed E-state index contributed by atoms with van der Waals surface area (Å²) in [5.74, 6) is 3.37. The van der Waals surface area contributed by atoms with Crippen molar-refractivity contribution < 1.29 is 28.2 Å². The van der Waals surface area contributed by atoms with Gasteiger partial charge in [0, 0.05) is 163 Å². The van der Waals surface area contributed by atoms with Crippen molar-refractivity contribution in [1.82, 2.24) is 91.5 Å². The SMILES string of the molecule is CCCC1=C(c2nnc(C)o2)C(c2ccccc2Cl)c2cn[nH]c2N1.CCOC(=O)C1=C(C2CCN(C)CC2)Nc2[nH]ncc2C1c1cccc(C#N)c1Br.CN1CCC(C2=C(C#N)C(c3cccc(C#N)c3Br)c3cn[nH]c3N2)CC1=O.CN1CCC(C2=C(C#N)C(c3cccc4nonc34)c3cn[nH]c3N2)CC1=O.CNC(C)C1=C(C#N)C(c2cccc(C#N)c2Br)c2cn[nH]c2N1.Cl.Cl. The van der Waals surface area contributed by atoms with E-state index in [-0.39, 0.29) is 96.0 Å². The predicted octanol–water partition coefficient (Wildman–Crippen LogP) is 17.5.